The molecule has 1 N–H and O–H groups in total. The summed E-state index contributed by atoms with van der Waals surface area (Å²) in [5.41, 5.74) is 2.27. The summed E-state index contributed by atoms with van der Waals surface area (Å²) in [5, 5.41) is 11.0. The van der Waals surface area contributed by atoms with Crippen molar-refractivity contribution in [2.75, 3.05) is 19.6 Å². The highest BCUT2D eigenvalue weighted by Gasteiger charge is 2.44. The van der Waals surface area contributed by atoms with E-state index in [1.807, 2.05) is 18.2 Å². The molecule has 1 unspecified atom stereocenters. The molecule has 5 heterocycles. The van der Waals surface area contributed by atoms with Gasteiger partial charge in [-0.3, -0.25) is 14.9 Å². The summed E-state index contributed by atoms with van der Waals surface area (Å²) >= 11 is 0. The largest absolute Gasteiger partial charge is 0.376 e. The lowest BCUT2D eigenvalue weighted by Crippen LogP contribution is -2.58. The van der Waals surface area contributed by atoms with Gasteiger partial charge in [-0.25, -0.2) is 4.98 Å². The zero-order valence-electron chi connectivity index (χ0n) is 14.7. The van der Waals surface area contributed by atoms with Crippen molar-refractivity contribution in [2.45, 2.75) is 24.9 Å². The first-order valence-corrected chi connectivity index (χ1v) is 9.03. The Hall–Kier alpha value is -2.55. The monoisotopic (exact) mass is 346 g/mol. The van der Waals surface area contributed by atoms with Crippen LogP contribution in [0.2, 0.25) is 0 Å². The third-order valence-corrected chi connectivity index (χ3v) is 5.28. The van der Waals surface area contributed by atoms with Crippen molar-refractivity contribution < 1.29 is 5.11 Å². The highest BCUT2D eigenvalue weighted by molar-refractivity contribution is 5.55. The zero-order valence-corrected chi connectivity index (χ0v) is 14.7. The summed E-state index contributed by atoms with van der Waals surface area (Å²) in [4.78, 5) is 15.4. The van der Waals surface area contributed by atoms with E-state index in [1.54, 1.807) is 18.6 Å². The Balaban J connectivity index is 1.66. The first-order chi connectivity index (χ1) is 12.7. The van der Waals surface area contributed by atoms with Crippen molar-refractivity contribution in [3.63, 3.8) is 0 Å². The molecule has 5 rings (SSSR count). The maximum absolute atomic E-state index is 11.0. The second kappa shape index (κ2) is 6.99. The average Bonchev–Trinajstić information content (AvgIpc) is 2.69. The molecule has 0 radical (unpaired) electrons. The molecule has 3 fully saturated rings. The highest BCUT2D eigenvalue weighted by Crippen LogP contribution is 2.35. The predicted octanol–water partition coefficient (Wildman–Crippen LogP) is 2.08. The van der Waals surface area contributed by atoms with E-state index in [1.165, 1.54) is 0 Å². The molecule has 0 aliphatic carbocycles. The minimum Gasteiger partial charge on any atom is -0.376 e. The standard InChI is InChI=1S/C21H22N4O/c1-2-3-18-16(4-5-19(24-18)20-14-22-10-11-23-20)6-9-21(26)15-25-12-7-17(21)8-13-25/h2,4-5,10-11,14,17,26H,1,3,7-8,12-13,15H2. The number of rotatable bonds is 3. The Bertz CT molecular complexity index is 863. The average molecular weight is 346 g/mol. The summed E-state index contributed by atoms with van der Waals surface area (Å²) in [6, 6.07) is 3.86. The van der Waals surface area contributed by atoms with Crippen LogP contribution in [0.5, 0.6) is 0 Å². The number of piperidine rings is 3. The van der Waals surface area contributed by atoms with Crippen molar-refractivity contribution in [3.05, 3.63) is 54.6 Å². The number of allylic oxidation sites excluding steroid dienone is 1. The molecule has 2 bridgehead atoms. The molecule has 2 aromatic rings. The summed E-state index contributed by atoms with van der Waals surface area (Å²) in [6.45, 7) is 6.62. The van der Waals surface area contributed by atoms with Crippen LogP contribution in [0.1, 0.15) is 24.1 Å². The first kappa shape index (κ1) is 16.9. The minimum atomic E-state index is -0.911. The van der Waals surface area contributed by atoms with Crippen LogP contribution in [0.3, 0.4) is 0 Å². The van der Waals surface area contributed by atoms with E-state index in [0.717, 1.165) is 48.6 Å². The van der Waals surface area contributed by atoms with Crippen molar-refractivity contribution in [2.24, 2.45) is 5.92 Å². The quantitative estimate of drug-likeness (QED) is 0.681. The van der Waals surface area contributed by atoms with Gasteiger partial charge >= 0.3 is 0 Å². The number of fused-ring (bicyclic) bond motifs is 3. The van der Waals surface area contributed by atoms with Gasteiger partial charge < -0.3 is 5.11 Å². The van der Waals surface area contributed by atoms with Crippen molar-refractivity contribution >= 4 is 0 Å². The van der Waals surface area contributed by atoms with Crippen LogP contribution in [-0.4, -0.2) is 50.2 Å². The molecule has 2 aromatic heterocycles. The smallest absolute Gasteiger partial charge is 0.141 e. The van der Waals surface area contributed by atoms with Crippen LogP contribution >= 0.6 is 0 Å². The Morgan fingerprint density at radius 3 is 2.77 bits per heavy atom. The van der Waals surface area contributed by atoms with Crippen LogP contribution in [0, 0.1) is 17.8 Å². The molecule has 0 amide bonds. The van der Waals surface area contributed by atoms with Crippen molar-refractivity contribution in [1.29, 1.82) is 0 Å². The van der Waals surface area contributed by atoms with Crippen LogP contribution in [-0.2, 0) is 6.42 Å². The Morgan fingerprint density at radius 2 is 2.12 bits per heavy atom. The topological polar surface area (TPSA) is 62.1 Å². The molecule has 0 saturated carbocycles. The first-order valence-electron chi connectivity index (χ1n) is 9.03. The van der Waals surface area contributed by atoms with E-state index in [2.05, 4.69) is 33.3 Å². The van der Waals surface area contributed by atoms with Gasteiger partial charge in [0.2, 0.25) is 0 Å². The number of hydrogen-bond acceptors (Lipinski definition) is 5. The van der Waals surface area contributed by atoms with Gasteiger partial charge in [-0.1, -0.05) is 17.9 Å². The van der Waals surface area contributed by atoms with Gasteiger partial charge in [0, 0.05) is 36.8 Å². The van der Waals surface area contributed by atoms with Crippen LogP contribution in [0.4, 0.5) is 0 Å². The molecule has 26 heavy (non-hydrogen) atoms. The molecule has 3 saturated heterocycles. The molecule has 0 aromatic carbocycles. The third-order valence-electron chi connectivity index (χ3n) is 5.28. The number of aliphatic hydroxyl groups is 1. The number of aromatic nitrogens is 3. The van der Waals surface area contributed by atoms with Crippen molar-refractivity contribution in [3.8, 4) is 23.2 Å². The Kier molecular flexibility index (Phi) is 4.54. The third kappa shape index (κ3) is 3.26. The molecule has 3 aliphatic heterocycles. The van der Waals surface area contributed by atoms with Gasteiger partial charge in [0.1, 0.15) is 11.3 Å². The minimum absolute atomic E-state index is 0.273. The molecule has 132 valence electrons. The molecule has 5 nitrogen and oxygen atoms in total. The van der Waals surface area contributed by atoms with Gasteiger partial charge in [0.25, 0.3) is 0 Å². The van der Waals surface area contributed by atoms with E-state index >= 15 is 0 Å². The number of hydrogen-bond donors (Lipinski definition) is 1. The maximum atomic E-state index is 11.0. The van der Waals surface area contributed by atoms with E-state index in [-0.39, 0.29) is 5.92 Å². The second-order valence-corrected chi connectivity index (χ2v) is 7.00. The number of pyridine rings is 1. The fourth-order valence-corrected chi connectivity index (χ4v) is 3.84. The lowest BCUT2D eigenvalue weighted by atomic mass is 9.75. The van der Waals surface area contributed by atoms with E-state index < -0.39 is 5.60 Å². The molecular formula is C21H22N4O. The zero-order chi connectivity index (χ0) is 18.0. The number of nitrogens with zero attached hydrogens (tertiary/aromatic N) is 4. The lowest BCUT2D eigenvalue weighted by molar-refractivity contribution is -0.0713. The van der Waals surface area contributed by atoms with E-state index in [0.29, 0.717) is 13.0 Å². The van der Waals surface area contributed by atoms with Gasteiger partial charge in [-0.05, 0) is 38.1 Å². The summed E-state index contributed by atoms with van der Waals surface area (Å²) in [6.07, 6.45) is 9.47. The summed E-state index contributed by atoms with van der Waals surface area (Å²) in [7, 11) is 0. The van der Waals surface area contributed by atoms with E-state index in [4.69, 9.17) is 4.98 Å². The Labute approximate surface area is 153 Å². The van der Waals surface area contributed by atoms with Crippen LogP contribution in [0.25, 0.3) is 11.4 Å². The molecule has 5 heteroatoms. The molecule has 0 spiro atoms. The fourth-order valence-electron chi connectivity index (χ4n) is 3.84. The van der Waals surface area contributed by atoms with Crippen molar-refractivity contribution in [1.82, 2.24) is 19.9 Å². The van der Waals surface area contributed by atoms with Gasteiger partial charge in [-0.2, -0.15) is 0 Å². The van der Waals surface area contributed by atoms with Gasteiger partial charge in [0.15, 0.2) is 0 Å². The van der Waals surface area contributed by atoms with Gasteiger partial charge in [0.05, 0.1) is 17.6 Å². The normalized spacial score (nSPS) is 26.8. The predicted molar refractivity (Wildman–Crippen MR) is 100 cm³/mol. The highest BCUT2D eigenvalue weighted by atomic mass is 16.3. The van der Waals surface area contributed by atoms with E-state index in [9.17, 15) is 5.11 Å². The van der Waals surface area contributed by atoms with Crippen LogP contribution in [0.15, 0.2) is 43.4 Å². The second-order valence-electron chi connectivity index (χ2n) is 7.00. The lowest BCUT2D eigenvalue weighted by Gasteiger charge is -2.47. The SMILES string of the molecule is C=CCc1nc(-c2cnccn2)ccc1C#CC1(O)CN2CCC1CC2. The summed E-state index contributed by atoms with van der Waals surface area (Å²) < 4.78 is 0. The maximum Gasteiger partial charge on any atom is 0.141 e. The molecular weight excluding hydrogens is 324 g/mol. The van der Waals surface area contributed by atoms with Crippen LogP contribution < -0.4 is 0 Å². The summed E-state index contributed by atoms with van der Waals surface area (Å²) in [5.74, 6) is 6.64. The fraction of sp³-hybridized carbons (Fsp3) is 0.381. The molecule has 1 atom stereocenters. The van der Waals surface area contributed by atoms with Gasteiger partial charge in [-0.15, -0.1) is 6.58 Å². The Morgan fingerprint density at radius 1 is 1.27 bits per heavy atom. The molecule has 3 aliphatic rings.